The van der Waals surface area contributed by atoms with Crippen LogP contribution in [0.2, 0.25) is 10.3 Å². The predicted octanol–water partition coefficient (Wildman–Crippen LogP) is 2.45. The number of nitrogens with one attached hydrogen (secondary N) is 1. The van der Waals surface area contributed by atoms with Crippen molar-refractivity contribution in [1.82, 2.24) is 9.29 Å². The molecule has 8 heteroatoms. The van der Waals surface area contributed by atoms with Crippen LogP contribution < -0.4 is 4.72 Å². The molecule has 0 aromatic carbocycles. The summed E-state index contributed by atoms with van der Waals surface area (Å²) in [7, 11) is -3.56. The van der Waals surface area contributed by atoms with E-state index in [1.165, 1.54) is 4.31 Å². The fourth-order valence-corrected chi connectivity index (χ4v) is 3.86. The highest BCUT2D eigenvalue weighted by Crippen LogP contribution is 2.28. The van der Waals surface area contributed by atoms with Crippen molar-refractivity contribution in [3.63, 3.8) is 0 Å². The quantitative estimate of drug-likeness (QED) is 0.872. The summed E-state index contributed by atoms with van der Waals surface area (Å²) in [4.78, 5) is 3.83. The Morgan fingerprint density at radius 1 is 1.33 bits per heavy atom. The lowest BCUT2D eigenvalue weighted by Gasteiger charge is -2.18. The number of hydrogen-bond acceptors (Lipinski definition) is 3. The maximum Gasteiger partial charge on any atom is 0.301 e. The van der Waals surface area contributed by atoms with Gasteiger partial charge in [-0.2, -0.15) is 12.7 Å². The van der Waals surface area contributed by atoms with E-state index in [0.29, 0.717) is 18.7 Å². The topological polar surface area (TPSA) is 62.3 Å². The van der Waals surface area contributed by atoms with Gasteiger partial charge in [-0.25, -0.2) is 4.98 Å². The molecule has 2 heterocycles. The maximum atomic E-state index is 12.1. The van der Waals surface area contributed by atoms with Gasteiger partial charge in [-0.15, -0.1) is 0 Å². The normalized spacial score (nSPS) is 17.1. The van der Waals surface area contributed by atoms with Gasteiger partial charge in [-0.05, 0) is 31.4 Å². The molecule has 1 N–H and O–H groups in total. The van der Waals surface area contributed by atoms with Gasteiger partial charge in [0.2, 0.25) is 0 Å². The Labute approximate surface area is 116 Å². The van der Waals surface area contributed by atoms with Gasteiger partial charge in [0.1, 0.15) is 5.15 Å². The molecule has 0 radical (unpaired) electrons. The van der Waals surface area contributed by atoms with Crippen LogP contribution in [0.3, 0.4) is 0 Å². The van der Waals surface area contributed by atoms with E-state index in [1.807, 2.05) is 0 Å². The Kier molecular flexibility index (Phi) is 4.01. The predicted molar refractivity (Wildman–Crippen MR) is 72.3 cm³/mol. The zero-order valence-electron chi connectivity index (χ0n) is 9.78. The van der Waals surface area contributed by atoms with Crippen LogP contribution in [0.25, 0.3) is 0 Å². The largest absolute Gasteiger partial charge is 0.301 e. The number of halogens is 2. The molecule has 1 aromatic heterocycles. The summed E-state index contributed by atoms with van der Waals surface area (Å²) in [5.74, 6) is 0. The molecule has 1 aromatic rings. The second kappa shape index (κ2) is 5.21. The summed E-state index contributed by atoms with van der Waals surface area (Å²) >= 11 is 11.6. The van der Waals surface area contributed by atoms with E-state index < -0.39 is 10.2 Å². The highest BCUT2D eigenvalue weighted by atomic mass is 35.5. The van der Waals surface area contributed by atoms with Crippen molar-refractivity contribution in [2.24, 2.45) is 0 Å². The van der Waals surface area contributed by atoms with Crippen molar-refractivity contribution in [2.75, 3.05) is 17.8 Å². The minimum Gasteiger partial charge on any atom is -0.268 e. The fraction of sp³-hybridized carbons (Fsp3) is 0.500. The Bertz CT molecular complexity index is 533. The second-order valence-electron chi connectivity index (χ2n) is 4.14. The molecule has 100 valence electrons. The lowest BCUT2D eigenvalue weighted by atomic mass is 10.3. The van der Waals surface area contributed by atoms with E-state index in [2.05, 4.69) is 9.71 Å². The molecule has 0 atom stereocenters. The van der Waals surface area contributed by atoms with Crippen LogP contribution in [0.4, 0.5) is 5.69 Å². The second-order valence-corrected chi connectivity index (χ2v) is 6.56. The Morgan fingerprint density at radius 3 is 2.50 bits per heavy atom. The molecule has 0 aliphatic carbocycles. The molecule has 0 amide bonds. The van der Waals surface area contributed by atoms with Crippen molar-refractivity contribution < 1.29 is 8.42 Å². The van der Waals surface area contributed by atoms with E-state index in [4.69, 9.17) is 23.2 Å². The van der Waals surface area contributed by atoms with Crippen molar-refractivity contribution in [3.05, 3.63) is 21.9 Å². The number of pyridine rings is 1. The van der Waals surface area contributed by atoms with Crippen LogP contribution in [0.1, 0.15) is 18.4 Å². The number of hydrogen-bond donors (Lipinski definition) is 1. The van der Waals surface area contributed by atoms with E-state index in [1.54, 1.807) is 13.0 Å². The molecule has 0 saturated carbocycles. The zero-order chi connectivity index (χ0) is 13.3. The standard InChI is InChI=1S/C10H13Cl2N3O2S/c1-7-6-8(11)13-10(12)9(7)14-18(16,17)15-4-2-3-5-15/h6,14H,2-5H2,1H3. The summed E-state index contributed by atoms with van der Waals surface area (Å²) < 4.78 is 28.0. The van der Waals surface area contributed by atoms with Gasteiger partial charge in [0.05, 0.1) is 5.69 Å². The van der Waals surface area contributed by atoms with Crippen LogP contribution >= 0.6 is 23.2 Å². The van der Waals surface area contributed by atoms with Crippen molar-refractivity contribution in [2.45, 2.75) is 19.8 Å². The molecule has 0 spiro atoms. The first kappa shape index (κ1) is 13.9. The van der Waals surface area contributed by atoms with Crippen LogP contribution in [0.5, 0.6) is 0 Å². The Morgan fingerprint density at radius 2 is 1.94 bits per heavy atom. The summed E-state index contributed by atoms with van der Waals surface area (Å²) in [5, 5.41) is 0.296. The lowest BCUT2D eigenvalue weighted by Crippen LogP contribution is -2.33. The van der Waals surface area contributed by atoms with Gasteiger partial charge in [0.25, 0.3) is 0 Å². The number of anilines is 1. The number of aryl methyl sites for hydroxylation is 1. The van der Waals surface area contributed by atoms with Crippen LogP contribution in [-0.2, 0) is 10.2 Å². The van der Waals surface area contributed by atoms with E-state index in [0.717, 1.165) is 12.8 Å². The van der Waals surface area contributed by atoms with E-state index in [9.17, 15) is 8.42 Å². The van der Waals surface area contributed by atoms with Crippen LogP contribution in [-0.4, -0.2) is 30.8 Å². The van der Waals surface area contributed by atoms with Gasteiger partial charge in [-0.3, -0.25) is 4.72 Å². The SMILES string of the molecule is Cc1cc(Cl)nc(Cl)c1NS(=O)(=O)N1CCCC1. The highest BCUT2D eigenvalue weighted by molar-refractivity contribution is 7.90. The molecular weight excluding hydrogens is 297 g/mol. The molecule has 1 saturated heterocycles. The van der Waals surface area contributed by atoms with E-state index in [-0.39, 0.29) is 16.0 Å². The maximum absolute atomic E-state index is 12.1. The number of rotatable bonds is 3. The zero-order valence-corrected chi connectivity index (χ0v) is 12.1. The first-order chi connectivity index (χ1) is 8.40. The van der Waals surface area contributed by atoms with Crippen molar-refractivity contribution >= 4 is 39.1 Å². The smallest absolute Gasteiger partial charge is 0.268 e. The summed E-state index contributed by atoms with van der Waals surface area (Å²) in [6.07, 6.45) is 1.76. The average molecular weight is 310 g/mol. The number of nitrogens with zero attached hydrogens (tertiary/aromatic N) is 2. The van der Waals surface area contributed by atoms with Gasteiger partial charge in [-0.1, -0.05) is 23.2 Å². The molecule has 2 rings (SSSR count). The third kappa shape index (κ3) is 2.88. The van der Waals surface area contributed by atoms with Crippen LogP contribution in [0, 0.1) is 6.92 Å². The van der Waals surface area contributed by atoms with E-state index >= 15 is 0 Å². The molecule has 18 heavy (non-hydrogen) atoms. The van der Waals surface area contributed by atoms with Crippen LogP contribution in [0.15, 0.2) is 6.07 Å². The Balaban J connectivity index is 2.29. The lowest BCUT2D eigenvalue weighted by molar-refractivity contribution is 0.482. The summed E-state index contributed by atoms with van der Waals surface area (Å²) in [6, 6.07) is 1.56. The highest BCUT2D eigenvalue weighted by Gasteiger charge is 2.26. The third-order valence-corrected chi connectivity index (χ3v) is 4.75. The molecule has 1 fully saturated rings. The third-order valence-electron chi connectivity index (χ3n) is 2.78. The molecular formula is C10H13Cl2N3O2S. The fourth-order valence-electron chi connectivity index (χ4n) is 1.84. The summed E-state index contributed by atoms with van der Waals surface area (Å²) in [5.41, 5.74) is 0.927. The molecule has 0 unspecified atom stereocenters. The van der Waals surface area contributed by atoms with Crippen molar-refractivity contribution in [1.29, 1.82) is 0 Å². The average Bonchev–Trinajstić information content (AvgIpc) is 2.77. The van der Waals surface area contributed by atoms with Gasteiger partial charge >= 0.3 is 10.2 Å². The number of aromatic nitrogens is 1. The monoisotopic (exact) mass is 309 g/mol. The first-order valence-corrected chi connectivity index (χ1v) is 7.70. The molecule has 1 aliphatic heterocycles. The van der Waals surface area contributed by atoms with Crippen molar-refractivity contribution in [3.8, 4) is 0 Å². The van der Waals surface area contributed by atoms with Gasteiger partial charge in [0, 0.05) is 13.1 Å². The minimum atomic E-state index is -3.56. The molecule has 1 aliphatic rings. The molecule has 5 nitrogen and oxygen atoms in total. The van der Waals surface area contributed by atoms with Gasteiger partial charge < -0.3 is 0 Å². The first-order valence-electron chi connectivity index (χ1n) is 5.51. The summed E-state index contributed by atoms with van der Waals surface area (Å²) in [6.45, 7) is 2.79. The van der Waals surface area contributed by atoms with Gasteiger partial charge in [0.15, 0.2) is 5.15 Å². The minimum absolute atomic E-state index is 0.0581. The Hall–Kier alpha value is -0.560. The molecule has 0 bridgehead atoms.